The van der Waals surface area contributed by atoms with E-state index in [-0.39, 0.29) is 39.2 Å². The van der Waals surface area contributed by atoms with E-state index < -0.39 is 29.5 Å². The molecular weight excluding hydrogens is 536 g/mol. The molecule has 2 N–H and O–H groups in total. The number of carbonyl (C=O) groups is 4. The Morgan fingerprint density at radius 2 is 1.66 bits per heavy atom. The Bertz CT molecular complexity index is 1470. The van der Waals surface area contributed by atoms with E-state index in [9.17, 15) is 23.6 Å². The van der Waals surface area contributed by atoms with Crippen LogP contribution in [0.15, 0.2) is 77.5 Å². The Morgan fingerprint density at radius 1 is 0.921 bits per heavy atom. The number of carbonyl (C=O) groups excluding carboxylic acids is 4. The number of esters is 1. The number of benzene rings is 3. The van der Waals surface area contributed by atoms with Gasteiger partial charge in [0.15, 0.2) is 0 Å². The first kappa shape index (κ1) is 26.8. The molecule has 1 heterocycles. The van der Waals surface area contributed by atoms with Crippen molar-refractivity contribution in [2.45, 2.75) is 13.3 Å². The Kier molecular flexibility index (Phi) is 8.09. The van der Waals surface area contributed by atoms with Crippen LogP contribution >= 0.6 is 23.2 Å². The third-order valence-electron chi connectivity index (χ3n) is 5.40. The molecule has 0 aliphatic carbocycles. The molecular formula is C27H20Cl2FN3O5. The van der Waals surface area contributed by atoms with Gasteiger partial charge in [0, 0.05) is 16.9 Å². The van der Waals surface area contributed by atoms with Gasteiger partial charge in [-0.1, -0.05) is 36.2 Å². The summed E-state index contributed by atoms with van der Waals surface area (Å²) in [5, 5.41) is 4.94. The number of halogens is 3. The maximum atomic E-state index is 13.4. The molecule has 1 aliphatic heterocycles. The van der Waals surface area contributed by atoms with Crippen molar-refractivity contribution in [2.24, 2.45) is 0 Å². The second-order valence-corrected chi connectivity index (χ2v) is 8.89. The summed E-state index contributed by atoms with van der Waals surface area (Å²) in [6.45, 7) is 2.15. The number of amides is 3. The average Bonchev–Trinajstić information content (AvgIpc) is 3.12. The Balaban J connectivity index is 1.48. The summed E-state index contributed by atoms with van der Waals surface area (Å²) in [5.41, 5.74) is 1.14. The van der Waals surface area contributed by atoms with Crippen LogP contribution in [0.2, 0.25) is 5.02 Å². The molecule has 8 nitrogen and oxygen atoms in total. The van der Waals surface area contributed by atoms with Crippen LogP contribution in [0.5, 0.6) is 0 Å². The summed E-state index contributed by atoms with van der Waals surface area (Å²) in [6.07, 6.45) is 0.678. The van der Waals surface area contributed by atoms with E-state index in [1.165, 1.54) is 48.5 Å². The van der Waals surface area contributed by atoms with Crippen LogP contribution in [-0.2, 0) is 14.3 Å². The molecule has 0 saturated carbocycles. The van der Waals surface area contributed by atoms with Gasteiger partial charge in [0.2, 0.25) is 0 Å². The smallest absolute Gasteiger partial charge is 0.338 e. The molecule has 0 bridgehead atoms. The van der Waals surface area contributed by atoms with E-state index in [2.05, 4.69) is 10.6 Å². The zero-order chi connectivity index (χ0) is 27.4. The molecule has 11 heteroatoms. The summed E-state index contributed by atoms with van der Waals surface area (Å²) in [6, 6.07) is 15.7. The maximum absolute atomic E-state index is 13.4. The lowest BCUT2D eigenvalue weighted by Gasteiger charge is -2.15. The standard InChI is InChI=1S/C27H20Cl2FN3O5/c1-2-12-38-27(37)15-6-9-19(10-7-15)33-25(35)22(29)23(26(33)36)31-17-5-3-4-16(13-17)24(34)32-18-8-11-21(30)20(28)14-18/h3-11,13-14,31H,2,12H2,1H3,(H,32,34). The van der Waals surface area contributed by atoms with Crippen molar-refractivity contribution in [1.29, 1.82) is 0 Å². The van der Waals surface area contributed by atoms with Crippen LogP contribution in [0, 0.1) is 5.82 Å². The fourth-order valence-corrected chi connectivity index (χ4v) is 3.92. The molecule has 194 valence electrons. The Labute approximate surface area is 227 Å². The zero-order valence-electron chi connectivity index (χ0n) is 19.9. The minimum Gasteiger partial charge on any atom is -0.462 e. The van der Waals surface area contributed by atoms with Crippen molar-refractivity contribution < 1.29 is 28.3 Å². The molecule has 0 aromatic heterocycles. The molecule has 0 saturated heterocycles. The van der Waals surface area contributed by atoms with Crippen LogP contribution in [0.3, 0.4) is 0 Å². The second-order valence-electron chi connectivity index (χ2n) is 8.11. The van der Waals surface area contributed by atoms with Crippen molar-refractivity contribution in [3.05, 3.63) is 99.4 Å². The fourth-order valence-electron chi connectivity index (χ4n) is 3.53. The topological polar surface area (TPSA) is 105 Å². The van der Waals surface area contributed by atoms with E-state index in [0.29, 0.717) is 17.8 Å². The lowest BCUT2D eigenvalue weighted by atomic mass is 10.1. The van der Waals surface area contributed by atoms with Gasteiger partial charge in [0.25, 0.3) is 17.7 Å². The molecule has 3 amide bonds. The quantitative estimate of drug-likeness (QED) is 0.271. The lowest BCUT2D eigenvalue weighted by Crippen LogP contribution is -2.32. The highest BCUT2D eigenvalue weighted by Gasteiger charge is 2.39. The second kappa shape index (κ2) is 11.5. The highest BCUT2D eigenvalue weighted by Crippen LogP contribution is 2.30. The summed E-state index contributed by atoms with van der Waals surface area (Å²) in [7, 11) is 0. The molecule has 1 aliphatic rings. The molecule has 3 aromatic rings. The van der Waals surface area contributed by atoms with Crippen LogP contribution in [0.1, 0.15) is 34.1 Å². The Morgan fingerprint density at radius 3 is 2.34 bits per heavy atom. The first-order valence-electron chi connectivity index (χ1n) is 11.4. The molecule has 4 rings (SSSR count). The number of hydrogen-bond acceptors (Lipinski definition) is 6. The van der Waals surface area contributed by atoms with Gasteiger partial charge < -0.3 is 15.4 Å². The number of hydrogen-bond donors (Lipinski definition) is 2. The number of nitrogens with zero attached hydrogens (tertiary/aromatic N) is 1. The lowest BCUT2D eigenvalue weighted by molar-refractivity contribution is -0.120. The molecule has 0 spiro atoms. The fraction of sp³-hybridized carbons (Fsp3) is 0.111. The van der Waals surface area contributed by atoms with E-state index in [1.54, 1.807) is 12.1 Å². The van der Waals surface area contributed by atoms with E-state index in [0.717, 1.165) is 11.0 Å². The molecule has 0 atom stereocenters. The first-order chi connectivity index (χ1) is 18.2. The minimum atomic E-state index is -0.748. The third kappa shape index (κ3) is 5.69. The number of ether oxygens (including phenoxy) is 1. The van der Waals surface area contributed by atoms with E-state index >= 15 is 0 Å². The van der Waals surface area contributed by atoms with E-state index in [1.807, 2.05) is 6.92 Å². The molecule has 0 fully saturated rings. The highest BCUT2D eigenvalue weighted by atomic mass is 35.5. The molecule has 0 unspecified atom stereocenters. The van der Waals surface area contributed by atoms with Crippen LogP contribution in [0.25, 0.3) is 0 Å². The van der Waals surface area contributed by atoms with Crippen molar-refractivity contribution in [2.75, 3.05) is 22.1 Å². The molecule has 0 radical (unpaired) electrons. The summed E-state index contributed by atoms with van der Waals surface area (Å²) >= 11 is 12.0. The van der Waals surface area contributed by atoms with Crippen LogP contribution in [-0.4, -0.2) is 30.3 Å². The Hall–Kier alpha value is -4.21. The van der Waals surface area contributed by atoms with Crippen molar-refractivity contribution in [3.63, 3.8) is 0 Å². The van der Waals surface area contributed by atoms with Gasteiger partial charge >= 0.3 is 5.97 Å². The SMILES string of the molecule is CCCOC(=O)c1ccc(N2C(=O)C(Cl)=C(Nc3cccc(C(=O)Nc4ccc(F)c(Cl)c4)c3)C2=O)cc1. The van der Waals surface area contributed by atoms with Gasteiger partial charge in [-0.05, 0) is 67.1 Å². The summed E-state index contributed by atoms with van der Waals surface area (Å²) < 4.78 is 18.5. The number of nitrogens with one attached hydrogen (secondary N) is 2. The number of imide groups is 1. The van der Waals surface area contributed by atoms with Crippen molar-refractivity contribution in [3.8, 4) is 0 Å². The predicted molar refractivity (Wildman–Crippen MR) is 142 cm³/mol. The number of anilines is 3. The summed E-state index contributed by atoms with van der Waals surface area (Å²) in [4.78, 5) is 51.5. The average molecular weight is 556 g/mol. The van der Waals surface area contributed by atoms with Gasteiger partial charge in [-0.3, -0.25) is 14.4 Å². The van der Waals surface area contributed by atoms with Gasteiger partial charge in [-0.15, -0.1) is 0 Å². The minimum absolute atomic E-state index is 0.139. The van der Waals surface area contributed by atoms with Gasteiger partial charge in [0.1, 0.15) is 16.5 Å². The third-order valence-corrected chi connectivity index (χ3v) is 6.04. The van der Waals surface area contributed by atoms with Crippen LogP contribution < -0.4 is 15.5 Å². The van der Waals surface area contributed by atoms with Crippen LogP contribution in [0.4, 0.5) is 21.5 Å². The van der Waals surface area contributed by atoms with Gasteiger partial charge in [-0.2, -0.15) is 0 Å². The first-order valence-corrected chi connectivity index (χ1v) is 12.1. The normalized spacial score (nSPS) is 13.1. The van der Waals surface area contributed by atoms with Crippen molar-refractivity contribution in [1.82, 2.24) is 0 Å². The van der Waals surface area contributed by atoms with Crippen molar-refractivity contribution >= 4 is 64.0 Å². The van der Waals surface area contributed by atoms with Gasteiger partial charge in [0.05, 0.1) is 22.9 Å². The molecule has 3 aromatic carbocycles. The predicted octanol–water partition coefficient (Wildman–Crippen LogP) is 5.73. The number of rotatable bonds is 8. The largest absolute Gasteiger partial charge is 0.462 e. The van der Waals surface area contributed by atoms with Gasteiger partial charge in [-0.25, -0.2) is 14.1 Å². The highest BCUT2D eigenvalue weighted by molar-refractivity contribution is 6.53. The summed E-state index contributed by atoms with van der Waals surface area (Å²) in [5.74, 6) is -3.09. The zero-order valence-corrected chi connectivity index (χ0v) is 21.4. The maximum Gasteiger partial charge on any atom is 0.338 e. The van der Waals surface area contributed by atoms with E-state index in [4.69, 9.17) is 27.9 Å². The molecule has 38 heavy (non-hydrogen) atoms. The monoisotopic (exact) mass is 555 g/mol.